The molecule has 0 spiro atoms. The van der Waals surface area contributed by atoms with Crippen LogP contribution in [0.3, 0.4) is 0 Å². The van der Waals surface area contributed by atoms with E-state index in [0.29, 0.717) is 6.42 Å². The predicted octanol–water partition coefficient (Wildman–Crippen LogP) is 0.436. The summed E-state index contributed by atoms with van der Waals surface area (Å²) in [6, 6.07) is 0. The van der Waals surface area contributed by atoms with Gasteiger partial charge in [-0.1, -0.05) is 13.3 Å². The Morgan fingerprint density at radius 1 is 1.62 bits per heavy atom. The van der Waals surface area contributed by atoms with Crippen LogP contribution in [-0.4, -0.2) is 16.6 Å². The second-order valence-electron chi connectivity index (χ2n) is 1.50. The molecule has 0 aliphatic rings. The van der Waals surface area contributed by atoms with Crippen LogP contribution >= 0.6 is 0 Å². The third kappa shape index (κ3) is 9.06. The molecule has 3 N–H and O–H groups in total. The van der Waals surface area contributed by atoms with E-state index in [1.54, 1.807) is 0 Å². The number of carbonyl (C=O) groups is 1. The average molecular weight is 120 g/mol. The molecule has 8 heavy (non-hydrogen) atoms. The van der Waals surface area contributed by atoms with Crippen molar-refractivity contribution in [1.29, 1.82) is 0 Å². The van der Waals surface area contributed by atoms with Crippen LogP contribution in [0.4, 0.5) is 0 Å². The van der Waals surface area contributed by atoms with Gasteiger partial charge in [0, 0.05) is 6.42 Å². The maximum absolute atomic E-state index is 9.76. The van der Waals surface area contributed by atoms with E-state index in [4.69, 9.17) is 5.11 Å². The first-order valence-electron chi connectivity index (χ1n) is 2.49. The highest BCUT2D eigenvalue weighted by molar-refractivity contribution is 5.66. The molecule has 0 rings (SSSR count). The topological polar surface area (TPSA) is 68.8 Å². The zero-order valence-electron chi connectivity index (χ0n) is 4.98. The van der Waals surface area contributed by atoms with E-state index in [2.05, 4.69) is 0 Å². The van der Waals surface area contributed by atoms with Crippen molar-refractivity contribution in [3.63, 3.8) is 0 Å². The summed E-state index contributed by atoms with van der Waals surface area (Å²) in [4.78, 5) is 9.76. The van der Waals surface area contributed by atoms with Crippen LogP contribution in [0.25, 0.3) is 0 Å². The fourth-order valence-corrected chi connectivity index (χ4v) is 0.328. The van der Waals surface area contributed by atoms with Crippen LogP contribution in [0.1, 0.15) is 26.2 Å². The fourth-order valence-electron chi connectivity index (χ4n) is 0.328. The minimum Gasteiger partial charge on any atom is -0.481 e. The summed E-state index contributed by atoms with van der Waals surface area (Å²) in [5.74, 6) is -0.693. The van der Waals surface area contributed by atoms with Crippen molar-refractivity contribution in [2.45, 2.75) is 26.2 Å². The molecular weight excluding hydrogens is 108 g/mol. The van der Waals surface area contributed by atoms with Gasteiger partial charge in [-0.2, -0.15) is 0 Å². The normalized spacial score (nSPS) is 7.62. The molecule has 0 atom stereocenters. The van der Waals surface area contributed by atoms with Crippen LogP contribution < -0.4 is 0 Å². The van der Waals surface area contributed by atoms with Crippen molar-refractivity contribution in [2.24, 2.45) is 0 Å². The molecule has 3 heteroatoms. The molecule has 0 aliphatic heterocycles. The van der Waals surface area contributed by atoms with Gasteiger partial charge in [-0.25, -0.2) is 0 Å². The summed E-state index contributed by atoms with van der Waals surface area (Å²) in [7, 11) is 0. The quantitative estimate of drug-likeness (QED) is 0.587. The number of aliphatic carboxylic acids is 1. The first kappa shape index (κ1) is 10.4. The lowest BCUT2D eigenvalue weighted by atomic mass is 10.3. The average Bonchev–Trinajstić information content (AvgIpc) is 1.61. The van der Waals surface area contributed by atoms with Crippen LogP contribution in [-0.2, 0) is 4.79 Å². The molecule has 0 radical (unpaired) electrons. The smallest absolute Gasteiger partial charge is 0.303 e. The predicted molar refractivity (Wildman–Crippen MR) is 30.8 cm³/mol. The number of rotatable bonds is 3. The molecule has 0 aromatic heterocycles. The zero-order chi connectivity index (χ0) is 5.70. The Morgan fingerprint density at radius 2 is 2.12 bits per heavy atom. The first-order valence-corrected chi connectivity index (χ1v) is 2.49. The summed E-state index contributed by atoms with van der Waals surface area (Å²) in [6.45, 7) is 1.98. The third-order valence-corrected chi connectivity index (χ3v) is 0.744. The van der Waals surface area contributed by atoms with Crippen LogP contribution in [0.5, 0.6) is 0 Å². The maximum atomic E-state index is 9.76. The van der Waals surface area contributed by atoms with Crippen molar-refractivity contribution in [1.82, 2.24) is 0 Å². The van der Waals surface area contributed by atoms with Crippen molar-refractivity contribution in [2.75, 3.05) is 0 Å². The zero-order valence-corrected chi connectivity index (χ0v) is 4.98. The largest absolute Gasteiger partial charge is 0.481 e. The molecule has 0 aliphatic carbocycles. The molecule has 0 amide bonds. The van der Waals surface area contributed by atoms with Gasteiger partial charge in [-0.15, -0.1) is 0 Å². The number of unbranched alkanes of at least 4 members (excludes halogenated alkanes) is 1. The number of carboxylic acids is 1. The highest BCUT2D eigenvalue weighted by atomic mass is 16.4. The van der Waals surface area contributed by atoms with Crippen LogP contribution in [0.2, 0.25) is 0 Å². The van der Waals surface area contributed by atoms with Gasteiger partial charge in [-0.05, 0) is 6.42 Å². The van der Waals surface area contributed by atoms with Gasteiger partial charge >= 0.3 is 5.97 Å². The highest BCUT2D eigenvalue weighted by Gasteiger charge is 1.90. The lowest BCUT2D eigenvalue weighted by Crippen LogP contribution is -1.91. The van der Waals surface area contributed by atoms with E-state index in [-0.39, 0.29) is 5.48 Å². The third-order valence-electron chi connectivity index (χ3n) is 0.744. The molecular formula is C5H12O3. The van der Waals surface area contributed by atoms with Gasteiger partial charge in [0.1, 0.15) is 0 Å². The molecule has 3 nitrogen and oxygen atoms in total. The second-order valence-corrected chi connectivity index (χ2v) is 1.50. The van der Waals surface area contributed by atoms with Gasteiger partial charge in [0.25, 0.3) is 0 Å². The minimum absolute atomic E-state index is 0. The molecule has 0 saturated heterocycles. The van der Waals surface area contributed by atoms with E-state index in [1.165, 1.54) is 0 Å². The van der Waals surface area contributed by atoms with Crippen molar-refractivity contribution >= 4 is 5.97 Å². The van der Waals surface area contributed by atoms with E-state index in [1.807, 2.05) is 6.92 Å². The lowest BCUT2D eigenvalue weighted by molar-refractivity contribution is -0.137. The van der Waals surface area contributed by atoms with Gasteiger partial charge in [0.2, 0.25) is 0 Å². The summed E-state index contributed by atoms with van der Waals surface area (Å²) in [6.07, 6.45) is 2.08. The molecule has 0 unspecified atom stereocenters. The molecule has 0 heterocycles. The minimum atomic E-state index is -0.693. The van der Waals surface area contributed by atoms with E-state index < -0.39 is 5.97 Å². The van der Waals surface area contributed by atoms with Crippen molar-refractivity contribution in [3.05, 3.63) is 0 Å². The summed E-state index contributed by atoms with van der Waals surface area (Å²) >= 11 is 0. The Balaban J connectivity index is 0. The molecule has 0 fully saturated rings. The molecule has 0 bridgehead atoms. The Kier molecular flexibility index (Phi) is 8.37. The van der Waals surface area contributed by atoms with Gasteiger partial charge < -0.3 is 10.6 Å². The van der Waals surface area contributed by atoms with Crippen molar-refractivity contribution < 1.29 is 15.4 Å². The fraction of sp³-hybridized carbons (Fsp3) is 0.800. The number of carboxylic acid groups (broad SMARTS) is 1. The standard InChI is InChI=1S/C5H10O2.H2O/c1-2-3-4-5(6)7;/h2-4H2,1H3,(H,6,7);1H2. The Bertz CT molecular complexity index is 60.7. The van der Waals surface area contributed by atoms with Crippen LogP contribution in [0.15, 0.2) is 0 Å². The van der Waals surface area contributed by atoms with Gasteiger partial charge in [0.05, 0.1) is 0 Å². The maximum Gasteiger partial charge on any atom is 0.303 e. The van der Waals surface area contributed by atoms with Gasteiger partial charge in [0.15, 0.2) is 0 Å². The molecule has 50 valence electrons. The lowest BCUT2D eigenvalue weighted by Gasteiger charge is -1.85. The second kappa shape index (κ2) is 6.43. The molecule has 0 aromatic rings. The number of hydrogen-bond acceptors (Lipinski definition) is 1. The summed E-state index contributed by atoms with van der Waals surface area (Å²) in [5, 5.41) is 8.04. The monoisotopic (exact) mass is 120 g/mol. The number of hydrogen-bond donors (Lipinski definition) is 1. The van der Waals surface area contributed by atoms with Crippen molar-refractivity contribution in [3.8, 4) is 0 Å². The molecule has 0 aromatic carbocycles. The van der Waals surface area contributed by atoms with E-state index in [0.717, 1.165) is 12.8 Å². The van der Waals surface area contributed by atoms with E-state index >= 15 is 0 Å². The highest BCUT2D eigenvalue weighted by Crippen LogP contribution is 1.91. The first-order chi connectivity index (χ1) is 3.27. The van der Waals surface area contributed by atoms with Gasteiger partial charge in [-0.3, -0.25) is 4.79 Å². The molecule has 0 saturated carbocycles. The Hall–Kier alpha value is -0.570. The Morgan fingerprint density at radius 3 is 2.25 bits per heavy atom. The summed E-state index contributed by atoms with van der Waals surface area (Å²) < 4.78 is 0. The SMILES string of the molecule is CCCCC(=O)O.O. The van der Waals surface area contributed by atoms with E-state index in [9.17, 15) is 4.79 Å². The summed E-state index contributed by atoms with van der Waals surface area (Å²) in [5.41, 5.74) is 0. The van der Waals surface area contributed by atoms with Crippen LogP contribution in [0, 0.1) is 0 Å². The Labute approximate surface area is 48.6 Å².